The molecule has 0 N–H and O–H groups in total. The van der Waals surface area contributed by atoms with Gasteiger partial charge >= 0.3 is 0 Å². The van der Waals surface area contributed by atoms with E-state index in [4.69, 9.17) is 0 Å². The van der Waals surface area contributed by atoms with Crippen LogP contribution in [0.3, 0.4) is 0 Å². The summed E-state index contributed by atoms with van der Waals surface area (Å²) in [6.07, 6.45) is 1.86. The molecule has 1 amide bonds. The second-order valence-corrected chi connectivity index (χ2v) is 8.64. The average Bonchev–Trinajstić information content (AvgIpc) is 2.76. The highest BCUT2D eigenvalue weighted by Gasteiger charge is 2.22. The monoisotopic (exact) mass is 423 g/mol. The van der Waals surface area contributed by atoms with Gasteiger partial charge in [0, 0.05) is 31.4 Å². The number of benzene rings is 2. The zero-order chi connectivity index (χ0) is 21.6. The van der Waals surface area contributed by atoms with E-state index in [9.17, 15) is 13.2 Å². The molecule has 2 aromatic carbocycles. The number of pyridine rings is 1. The molecular weight excluding hydrogens is 398 g/mol. The van der Waals surface area contributed by atoms with Gasteiger partial charge in [0.05, 0.1) is 4.90 Å². The van der Waals surface area contributed by atoms with Crippen LogP contribution in [0.2, 0.25) is 0 Å². The standard InChI is InChI=1S/C23H25N3O3S/c1-3-26(4-2)30(28,29)21-14-10-13-20(17-21)23(27)24-22-15-8-9-16-25(22)18-19-11-6-5-7-12-19/h5-17H,3-4,18H2,1-2H3. The van der Waals surface area contributed by atoms with E-state index in [0.29, 0.717) is 25.1 Å². The van der Waals surface area contributed by atoms with Crippen LogP contribution in [0.25, 0.3) is 0 Å². The van der Waals surface area contributed by atoms with Crippen molar-refractivity contribution in [2.24, 2.45) is 4.99 Å². The van der Waals surface area contributed by atoms with Crippen molar-refractivity contribution >= 4 is 15.9 Å². The molecule has 7 heteroatoms. The molecule has 0 spiro atoms. The number of nitrogens with zero attached hydrogens (tertiary/aromatic N) is 3. The molecule has 1 heterocycles. The Labute approximate surface area is 177 Å². The molecule has 0 aliphatic rings. The van der Waals surface area contributed by atoms with E-state index in [1.807, 2.05) is 53.2 Å². The zero-order valence-corrected chi connectivity index (χ0v) is 17.9. The summed E-state index contributed by atoms with van der Waals surface area (Å²) in [5.41, 5.74) is 1.83. The van der Waals surface area contributed by atoms with E-state index in [-0.39, 0.29) is 10.5 Å². The first-order valence-electron chi connectivity index (χ1n) is 9.84. The first-order chi connectivity index (χ1) is 14.5. The fourth-order valence-electron chi connectivity index (χ4n) is 3.15. The minimum atomic E-state index is -3.64. The van der Waals surface area contributed by atoms with E-state index in [1.54, 1.807) is 32.0 Å². The van der Waals surface area contributed by atoms with Gasteiger partial charge in [-0.25, -0.2) is 8.42 Å². The molecule has 0 unspecified atom stereocenters. The molecule has 0 bridgehead atoms. The molecule has 156 valence electrons. The summed E-state index contributed by atoms with van der Waals surface area (Å²) >= 11 is 0. The van der Waals surface area contributed by atoms with E-state index in [2.05, 4.69) is 4.99 Å². The summed E-state index contributed by atoms with van der Waals surface area (Å²) in [5, 5.41) is 0. The van der Waals surface area contributed by atoms with Crippen molar-refractivity contribution in [1.82, 2.24) is 8.87 Å². The van der Waals surface area contributed by atoms with Crippen LogP contribution in [0.4, 0.5) is 0 Å². The molecule has 0 aliphatic heterocycles. The molecule has 0 fully saturated rings. The van der Waals surface area contributed by atoms with Gasteiger partial charge in [0.15, 0.2) is 0 Å². The molecule has 30 heavy (non-hydrogen) atoms. The average molecular weight is 424 g/mol. The molecule has 3 rings (SSSR count). The molecule has 1 aromatic heterocycles. The van der Waals surface area contributed by atoms with Crippen molar-refractivity contribution in [3.63, 3.8) is 0 Å². The Morgan fingerprint density at radius 3 is 2.33 bits per heavy atom. The highest BCUT2D eigenvalue weighted by atomic mass is 32.2. The lowest BCUT2D eigenvalue weighted by molar-refractivity contribution is 0.0997. The Bertz CT molecular complexity index is 1180. The van der Waals surface area contributed by atoms with Crippen molar-refractivity contribution in [3.8, 4) is 0 Å². The lowest BCUT2D eigenvalue weighted by Gasteiger charge is -2.18. The smallest absolute Gasteiger partial charge is 0.278 e. The molecule has 0 saturated heterocycles. The second-order valence-electron chi connectivity index (χ2n) is 6.71. The van der Waals surface area contributed by atoms with Crippen LogP contribution in [0, 0.1) is 0 Å². The lowest BCUT2D eigenvalue weighted by Crippen LogP contribution is -2.30. The van der Waals surface area contributed by atoms with E-state index in [0.717, 1.165) is 5.56 Å². The van der Waals surface area contributed by atoms with Gasteiger partial charge in [0.25, 0.3) is 5.91 Å². The predicted octanol–water partition coefficient (Wildman–Crippen LogP) is 3.31. The van der Waals surface area contributed by atoms with Gasteiger partial charge in [-0.05, 0) is 35.9 Å². The highest BCUT2D eigenvalue weighted by molar-refractivity contribution is 7.89. The van der Waals surface area contributed by atoms with Crippen LogP contribution in [-0.4, -0.2) is 36.3 Å². The minimum Gasteiger partial charge on any atom is -0.328 e. The third kappa shape index (κ3) is 4.93. The number of rotatable bonds is 7. The third-order valence-corrected chi connectivity index (χ3v) is 6.80. The number of carbonyl (C=O) groups excluding carboxylic acids is 1. The Hall–Kier alpha value is -3.03. The molecule has 3 aromatic rings. The van der Waals surface area contributed by atoms with E-state index >= 15 is 0 Å². The molecule has 0 saturated carbocycles. The van der Waals surface area contributed by atoms with Crippen molar-refractivity contribution in [2.75, 3.05) is 13.1 Å². The third-order valence-electron chi connectivity index (χ3n) is 4.75. The van der Waals surface area contributed by atoms with Crippen LogP contribution in [0.1, 0.15) is 29.8 Å². The van der Waals surface area contributed by atoms with Gasteiger partial charge in [-0.15, -0.1) is 0 Å². The van der Waals surface area contributed by atoms with Crippen molar-refractivity contribution in [3.05, 3.63) is 95.6 Å². The van der Waals surface area contributed by atoms with Crippen molar-refractivity contribution < 1.29 is 13.2 Å². The maximum absolute atomic E-state index is 12.8. The minimum absolute atomic E-state index is 0.0949. The summed E-state index contributed by atoms with van der Waals surface area (Å²) in [5.74, 6) is -0.486. The van der Waals surface area contributed by atoms with Crippen LogP contribution < -0.4 is 5.49 Å². The van der Waals surface area contributed by atoms with Crippen LogP contribution in [0.5, 0.6) is 0 Å². The SMILES string of the molecule is CCN(CC)S(=O)(=O)c1cccc(C(=O)N=c2ccccn2Cc2ccccc2)c1. The van der Waals surface area contributed by atoms with Crippen LogP contribution in [0.15, 0.2) is 88.9 Å². The first kappa shape index (κ1) is 21.7. The topological polar surface area (TPSA) is 71.7 Å². The maximum Gasteiger partial charge on any atom is 0.278 e. The largest absolute Gasteiger partial charge is 0.328 e. The Balaban J connectivity index is 1.95. The Kier molecular flexibility index (Phi) is 6.97. The van der Waals surface area contributed by atoms with E-state index in [1.165, 1.54) is 16.4 Å². The number of hydrogen-bond acceptors (Lipinski definition) is 3. The molecule has 0 atom stereocenters. The molecule has 6 nitrogen and oxygen atoms in total. The molecular formula is C23H25N3O3S. The maximum atomic E-state index is 12.8. The Morgan fingerprint density at radius 2 is 1.63 bits per heavy atom. The summed E-state index contributed by atoms with van der Waals surface area (Å²) in [6.45, 7) is 4.87. The summed E-state index contributed by atoms with van der Waals surface area (Å²) in [7, 11) is -3.64. The lowest BCUT2D eigenvalue weighted by atomic mass is 10.2. The fourth-order valence-corrected chi connectivity index (χ4v) is 4.66. The number of aromatic nitrogens is 1. The highest BCUT2D eigenvalue weighted by Crippen LogP contribution is 2.17. The molecule has 0 aliphatic carbocycles. The summed E-state index contributed by atoms with van der Waals surface area (Å²) in [6, 6.07) is 21.4. The number of sulfonamides is 1. The zero-order valence-electron chi connectivity index (χ0n) is 17.1. The van der Waals surface area contributed by atoms with Gasteiger partial charge in [-0.3, -0.25) is 4.79 Å². The van der Waals surface area contributed by atoms with Gasteiger partial charge in [-0.2, -0.15) is 9.30 Å². The van der Waals surface area contributed by atoms with Gasteiger partial charge < -0.3 is 4.57 Å². The van der Waals surface area contributed by atoms with Gasteiger partial charge in [-0.1, -0.05) is 56.3 Å². The normalized spacial score (nSPS) is 12.3. The van der Waals surface area contributed by atoms with Gasteiger partial charge in [0.2, 0.25) is 10.0 Å². The van der Waals surface area contributed by atoms with Crippen LogP contribution >= 0.6 is 0 Å². The summed E-state index contributed by atoms with van der Waals surface area (Å²) < 4.78 is 28.8. The number of amides is 1. The first-order valence-corrected chi connectivity index (χ1v) is 11.3. The Morgan fingerprint density at radius 1 is 0.933 bits per heavy atom. The van der Waals surface area contributed by atoms with Gasteiger partial charge in [0.1, 0.15) is 5.49 Å². The summed E-state index contributed by atoms with van der Waals surface area (Å²) in [4.78, 5) is 17.2. The predicted molar refractivity (Wildman–Crippen MR) is 116 cm³/mol. The van der Waals surface area contributed by atoms with E-state index < -0.39 is 15.9 Å². The van der Waals surface area contributed by atoms with Crippen molar-refractivity contribution in [2.45, 2.75) is 25.3 Å². The van der Waals surface area contributed by atoms with Crippen LogP contribution in [-0.2, 0) is 16.6 Å². The second kappa shape index (κ2) is 9.65. The molecule has 0 radical (unpaired) electrons. The van der Waals surface area contributed by atoms with Crippen molar-refractivity contribution in [1.29, 1.82) is 0 Å². The quantitative estimate of drug-likeness (QED) is 0.585. The number of carbonyl (C=O) groups is 1. The fraction of sp³-hybridized carbons (Fsp3) is 0.217. The number of hydrogen-bond donors (Lipinski definition) is 0.